The molecule has 2 rings (SSSR count). The first kappa shape index (κ1) is 10.4. The van der Waals surface area contributed by atoms with Crippen molar-refractivity contribution in [2.45, 2.75) is 25.8 Å². The van der Waals surface area contributed by atoms with E-state index in [1.807, 2.05) is 6.20 Å². The van der Waals surface area contributed by atoms with E-state index in [0.29, 0.717) is 0 Å². The lowest BCUT2D eigenvalue weighted by molar-refractivity contribution is 1.11. The summed E-state index contributed by atoms with van der Waals surface area (Å²) in [6, 6.07) is 4.20. The fourth-order valence-corrected chi connectivity index (χ4v) is 2.05. The summed E-state index contributed by atoms with van der Waals surface area (Å²) in [5.41, 5.74) is 4.53. The van der Waals surface area contributed by atoms with Crippen LogP contribution in [-0.2, 0) is 0 Å². The van der Waals surface area contributed by atoms with Crippen LogP contribution in [0.5, 0.6) is 0 Å². The molecule has 3 heteroatoms. The molecule has 0 aliphatic heterocycles. The van der Waals surface area contributed by atoms with E-state index in [2.05, 4.69) is 42.9 Å². The van der Waals surface area contributed by atoms with E-state index in [4.69, 9.17) is 0 Å². The third-order valence-electron chi connectivity index (χ3n) is 2.43. The highest BCUT2D eigenvalue weighted by Gasteiger charge is 2.02. The Balaban J connectivity index is 2.56. The standard InChI is InChI=1S/C12H14N2S/c1-4-15-12-7-13-10-5-8(2)9(3)6-11(10)14-12/h5-7H,4H2,1-3H3. The molecule has 15 heavy (non-hydrogen) atoms. The summed E-state index contributed by atoms with van der Waals surface area (Å²) in [6.07, 6.45) is 1.85. The maximum Gasteiger partial charge on any atom is 0.115 e. The van der Waals surface area contributed by atoms with Crippen molar-refractivity contribution >= 4 is 22.8 Å². The first-order valence-electron chi connectivity index (χ1n) is 5.07. The van der Waals surface area contributed by atoms with Crippen LogP contribution in [0.4, 0.5) is 0 Å². The lowest BCUT2D eigenvalue weighted by Gasteiger charge is -2.04. The molecular formula is C12H14N2S. The van der Waals surface area contributed by atoms with Crippen LogP contribution in [-0.4, -0.2) is 15.7 Å². The van der Waals surface area contributed by atoms with Crippen molar-refractivity contribution in [2.75, 3.05) is 5.75 Å². The molecule has 0 aliphatic carbocycles. The highest BCUT2D eigenvalue weighted by atomic mass is 32.2. The van der Waals surface area contributed by atoms with Crippen molar-refractivity contribution in [3.05, 3.63) is 29.5 Å². The van der Waals surface area contributed by atoms with E-state index < -0.39 is 0 Å². The number of nitrogens with zero attached hydrogens (tertiary/aromatic N) is 2. The minimum atomic E-state index is 0.985. The van der Waals surface area contributed by atoms with E-state index in [-0.39, 0.29) is 0 Å². The highest BCUT2D eigenvalue weighted by Crippen LogP contribution is 2.20. The molecule has 0 fully saturated rings. The van der Waals surface area contributed by atoms with Crippen molar-refractivity contribution in [1.29, 1.82) is 0 Å². The molecule has 1 aromatic heterocycles. The Morgan fingerprint density at radius 1 is 1.13 bits per heavy atom. The van der Waals surface area contributed by atoms with Crippen LogP contribution in [0.1, 0.15) is 18.1 Å². The van der Waals surface area contributed by atoms with Gasteiger partial charge in [-0.05, 0) is 42.9 Å². The molecule has 0 unspecified atom stereocenters. The van der Waals surface area contributed by atoms with E-state index in [1.165, 1.54) is 11.1 Å². The Bertz CT molecular complexity index is 494. The van der Waals surface area contributed by atoms with Gasteiger partial charge in [0.15, 0.2) is 0 Å². The maximum atomic E-state index is 4.57. The van der Waals surface area contributed by atoms with Crippen LogP contribution in [0.15, 0.2) is 23.4 Å². The monoisotopic (exact) mass is 218 g/mol. The second-order valence-electron chi connectivity index (χ2n) is 3.57. The van der Waals surface area contributed by atoms with Gasteiger partial charge < -0.3 is 0 Å². The Morgan fingerprint density at radius 2 is 1.80 bits per heavy atom. The van der Waals surface area contributed by atoms with Gasteiger partial charge in [0.1, 0.15) is 5.03 Å². The SMILES string of the molecule is CCSc1cnc2cc(C)c(C)cc2n1. The molecule has 0 saturated carbocycles. The van der Waals surface area contributed by atoms with Crippen molar-refractivity contribution in [2.24, 2.45) is 0 Å². The van der Waals surface area contributed by atoms with Gasteiger partial charge in [-0.15, -0.1) is 11.8 Å². The molecule has 1 aromatic carbocycles. The summed E-state index contributed by atoms with van der Waals surface area (Å²) in [4.78, 5) is 8.99. The number of aromatic nitrogens is 2. The Morgan fingerprint density at radius 3 is 2.47 bits per heavy atom. The molecule has 0 N–H and O–H groups in total. The van der Waals surface area contributed by atoms with Crippen LogP contribution in [0.2, 0.25) is 0 Å². The van der Waals surface area contributed by atoms with Crippen LogP contribution < -0.4 is 0 Å². The van der Waals surface area contributed by atoms with Gasteiger partial charge in [-0.3, -0.25) is 4.98 Å². The smallest absolute Gasteiger partial charge is 0.115 e. The number of aryl methyl sites for hydroxylation is 2. The summed E-state index contributed by atoms with van der Waals surface area (Å²) in [5.74, 6) is 1.03. The number of benzene rings is 1. The molecule has 0 atom stereocenters. The second-order valence-corrected chi connectivity index (χ2v) is 4.85. The second kappa shape index (κ2) is 4.19. The summed E-state index contributed by atoms with van der Waals surface area (Å²) in [7, 11) is 0. The topological polar surface area (TPSA) is 25.8 Å². The van der Waals surface area contributed by atoms with Gasteiger partial charge in [-0.2, -0.15) is 0 Å². The average molecular weight is 218 g/mol. The van der Waals surface area contributed by atoms with Gasteiger partial charge in [-0.25, -0.2) is 4.98 Å². The number of rotatable bonds is 2. The lowest BCUT2D eigenvalue weighted by atomic mass is 10.1. The van der Waals surface area contributed by atoms with E-state index in [9.17, 15) is 0 Å². The lowest BCUT2D eigenvalue weighted by Crippen LogP contribution is -1.90. The molecule has 2 aromatic rings. The molecule has 0 spiro atoms. The molecule has 0 radical (unpaired) electrons. The van der Waals surface area contributed by atoms with Crippen LogP contribution in [0, 0.1) is 13.8 Å². The average Bonchev–Trinajstić information content (AvgIpc) is 2.21. The zero-order valence-corrected chi connectivity index (χ0v) is 10.1. The number of hydrogen-bond donors (Lipinski definition) is 0. The summed E-state index contributed by atoms with van der Waals surface area (Å²) in [6.45, 7) is 6.33. The van der Waals surface area contributed by atoms with Gasteiger partial charge in [0.25, 0.3) is 0 Å². The minimum absolute atomic E-state index is 0.985. The Hall–Kier alpha value is -1.09. The third-order valence-corrected chi connectivity index (χ3v) is 3.21. The molecule has 0 bridgehead atoms. The maximum absolute atomic E-state index is 4.57. The molecule has 2 nitrogen and oxygen atoms in total. The Labute approximate surface area is 94.1 Å². The Kier molecular flexibility index (Phi) is 2.91. The summed E-state index contributed by atoms with van der Waals surface area (Å²) < 4.78 is 0. The van der Waals surface area contributed by atoms with Gasteiger partial charge >= 0.3 is 0 Å². The van der Waals surface area contributed by atoms with Crippen molar-refractivity contribution < 1.29 is 0 Å². The van der Waals surface area contributed by atoms with Gasteiger partial charge in [0, 0.05) is 0 Å². The van der Waals surface area contributed by atoms with Gasteiger partial charge in [0.05, 0.1) is 17.2 Å². The largest absolute Gasteiger partial charge is 0.252 e. The molecule has 1 heterocycles. The summed E-state index contributed by atoms with van der Waals surface area (Å²) >= 11 is 1.73. The van der Waals surface area contributed by atoms with Gasteiger partial charge in [-0.1, -0.05) is 6.92 Å². The van der Waals surface area contributed by atoms with Crippen LogP contribution in [0.25, 0.3) is 11.0 Å². The fraction of sp³-hybridized carbons (Fsp3) is 0.333. The number of thioether (sulfide) groups is 1. The number of hydrogen-bond acceptors (Lipinski definition) is 3. The first-order chi connectivity index (χ1) is 7.20. The van der Waals surface area contributed by atoms with E-state index in [0.717, 1.165) is 21.8 Å². The minimum Gasteiger partial charge on any atom is -0.252 e. The molecule has 78 valence electrons. The molecular weight excluding hydrogens is 204 g/mol. The van der Waals surface area contributed by atoms with Crippen molar-refractivity contribution in [1.82, 2.24) is 9.97 Å². The van der Waals surface area contributed by atoms with Crippen LogP contribution in [0.3, 0.4) is 0 Å². The molecule has 0 aliphatic rings. The normalized spacial score (nSPS) is 10.9. The predicted molar refractivity (Wildman–Crippen MR) is 65.4 cm³/mol. The van der Waals surface area contributed by atoms with E-state index in [1.54, 1.807) is 11.8 Å². The predicted octanol–water partition coefficient (Wildman–Crippen LogP) is 3.36. The molecule has 0 saturated heterocycles. The highest BCUT2D eigenvalue weighted by molar-refractivity contribution is 7.99. The quantitative estimate of drug-likeness (QED) is 0.723. The van der Waals surface area contributed by atoms with Crippen LogP contribution >= 0.6 is 11.8 Å². The van der Waals surface area contributed by atoms with Gasteiger partial charge in [0.2, 0.25) is 0 Å². The zero-order valence-electron chi connectivity index (χ0n) is 9.24. The zero-order chi connectivity index (χ0) is 10.8. The first-order valence-corrected chi connectivity index (χ1v) is 6.06. The van der Waals surface area contributed by atoms with Crippen molar-refractivity contribution in [3.8, 4) is 0 Å². The third kappa shape index (κ3) is 2.12. The fourth-order valence-electron chi connectivity index (χ4n) is 1.47. The molecule has 0 amide bonds. The van der Waals surface area contributed by atoms with Crippen molar-refractivity contribution in [3.63, 3.8) is 0 Å². The number of fused-ring (bicyclic) bond motifs is 1. The summed E-state index contributed by atoms with van der Waals surface area (Å²) in [5, 5.41) is 1.01. The van der Waals surface area contributed by atoms with E-state index >= 15 is 0 Å².